The number of carbonyl (C=O) groups is 1. The minimum Gasteiger partial charge on any atom is -0.388 e. The summed E-state index contributed by atoms with van der Waals surface area (Å²) >= 11 is 0. The van der Waals surface area contributed by atoms with E-state index in [9.17, 15) is 15.0 Å². The van der Waals surface area contributed by atoms with Crippen molar-refractivity contribution < 1.29 is 19.7 Å². The van der Waals surface area contributed by atoms with E-state index in [1.54, 1.807) is 0 Å². The van der Waals surface area contributed by atoms with Crippen LogP contribution in [0.25, 0.3) is 0 Å². The second-order valence-electron chi connectivity index (χ2n) is 5.28. The SMILES string of the molecule is CC(=O)c1ncn([C@@H]2O[C@H](CC(C)C)[C@@H](O)[C@H]2O)n1. The van der Waals surface area contributed by atoms with Crippen molar-refractivity contribution in [1.29, 1.82) is 0 Å². The van der Waals surface area contributed by atoms with Crippen LogP contribution in [0.1, 0.15) is 44.0 Å². The van der Waals surface area contributed by atoms with Crippen LogP contribution in [0.2, 0.25) is 0 Å². The highest BCUT2D eigenvalue weighted by Crippen LogP contribution is 2.31. The zero-order chi connectivity index (χ0) is 14.2. The molecule has 0 bridgehead atoms. The van der Waals surface area contributed by atoms with E-state index >= 15 is 0 Å². The van der Waals surface area contributed by atoms with Crippen LogP contribution >= 0.6 is 0 Å². The van der Waals surface area contributed by atoms with Gasteiger partial charge in [-0.2, -0.15) is 0 Å². The van der Waals surface area contributed by atoms with Gasteiger partial charge in [-0.3, -0.25) is 4.79 Å². The summed E-state index contributed by atoms with van der Waals surface area (Å²) in [5, 5.41) is 23.9. The molecule has 0 amide bonds. The first-order chi connectivity index (χ1) is 8.90. The summed E-state index contributed by atoms with van der Waals surface area (Å²) in [6, 6.07) is 0. The number of nitrogens with zero attached hydrogens (tertiary/aromatic N) is 3. The minimum absolute atomic E-state index is 0.0672. The monoisotopic (exact) mass is 269 g/mol. The van der Waals surface area contributed by atoms with Gasteiger partial charge in [-0.1, -0.05) is 13.8 Å². The van der Waals surface area contributed by atoms with Gasteiger partial charge in [-0.25, -0.2) is 9.67 Å². The van der Waals surface area contributed by atoms with Gasteiger partial charge in [0.25, 0.3) is 0 Å². The number of aromatic nitrogens is 3. The number of aliphatic hydroxyl groups excluding tert-OH is 2. The van der Waals surface area contributed by atoms with E-state index < -0.39 is 24.5 Å². The second-order valence-corrected chi connectivity index (χ2v) is 5.28. The fourth-order valence-electron chi connectivity index (χ4n) is 2.17. The summed E-state index contributed by atoms with van der Waals surface area (Å²) in [6.45, 7) is 5.39. The summed E-state index contributed by atoms with van der Waals surface area (Å²) in [4.78, 5) is 15.0. The molecule has 1 saturated heterocycles. The maximum Gasteiger partial charge on any atom is 0.217 e. The predicted molar refractivity (Wildman–Crippen MR) is 65.4 cm³/mol. The van der Waals surface area contributed by atoms with E-state index in [0.29, 0.717) is 12.3 Å². The van der Waals surface area contributed by atoms with Gasteiger partial charge in [-0.05, 0) is 12.3 Å². The first-order valence-electron chi connectivity index (χ1n) is 6.33. The molecule has 2 N–H and O–H groups in total. The number of aliphatic hydroxyl groups is 2. The zero-order valence-electron chi connectivity index (χ0n) is 11.2. The Morgan fingerprint density at radius 2 is 2.16 bits per heavy atom. The molecule has 2 heterocycles. The fourth-order valence-corrected chi connectivity index (χ4v) is 2.17. The first kappa shape index (κ1) is 14.1. The molecule has 0 saturated carbocycles. The average Bonchev–Trinajstić information content (AvgIpc) is 2.89. The lowest BCUT2D eigenvalue weighted by Crippen LogP contribution is -2.32. The molecule has 1 fully saturated rings. The van der Waals surface area contributed by atoms with Crippen molar-refractivity contribution in [2.75, 3.05) is 0 Å². The number of carbonyl (C=O) groups excluding carboxylic acids is 1. The van der Waals surface area contributed by atoms with Crippen molar-refractivity contribution in [2.24, 2.45) is 5.92 Å². The molecule has 1 aromatic heterocycles. The second kappa shape index (κ2) is 5.36. The Bertz CT molecular complexity index is 460. The van der Waals surface area contributed by atoms with Crippen molar-refractivity contribution in [3.63, 3.8) is 0 Å². The Labute approximate surface area is 111 Å². The molecular weight excluding hydrogens is 250 g/mol. The third kappa shape index (κ3) is 2.83. The minimum atomic E-state index is -1.08. The van der Waals surface area contributed by atoms with Gasteiger partial charge in [0.2, 0.25) is 5.82 Å². The molecule has 1 aliphatic heterocycles. The van der Waals surface area contributed by atoms with Gasteiger partial charge in [-0.15, -0.1) is 5.10 Å². The van der Waals surface area contributed by atoms with Gasteiger partial charge in [0, 0.05) is 6.92 Å². The Kier molecular flexibility index (Phi) is 3.98. The van der Waals surface area contributed by atoms with Gasteiger partial charge < -0.3 is 14.9 Å². The molecule has 106 valence electrons. The van der Waals surface area contributed by atoms with E-state index in [1.165, 1.54) is 17.9 Å². The highest BCUT2D eigenvalue weighted by molar-refractivity contribution is 5.89. The topological polar surface area (TPSA) is 97.5 Å². The maximum atomic E-state index is 11.1. The van der Waals surface area contributed by atoms with E-state index in [-0.39, 0.29) is 11.6 Å². The molecule has 2 rings (SSSR count). The predicted octanol–water partition coefficient (Wildman–Crippen LogP) is 0.146. The molecule has 4 atom stereocenters. The lowest BCUT2D eigenvalue weighted by Gasteiger charge is -2.16. The normalized spacial score (nSPS) is 31.1. The molecule has 0 unspecified atom stereocenters. The molecule has 0 spiro atoms. The Hall–Kier alpha value is -1.31. The number of hydrogen-bond acceptors (Lipinski definition) is 6. The summed E-state index contributed by atoms with van der Waals surface area (Å²) < 4.78 is 6.91. The Balaban J connectivity index is 2.14. The lowest BCUT2D eigenvalue weighted by atomic mass is 10.0. The van der Waals surface area contributed by atoms with E-state index in [4.69, 9.17) is 4.74 Å². The standard InChI is InChI=1S/C12H19N3O4/c1-6(2)4-8-9(17)10(18)12(19-8)15-5-13-11(14-15)7(3)16/h5-6,8-10,12,17-18H,4H2,1-3H3/t8-,9-,10-,12-/m1/s1. The summed E-state index contributed by atoms with van der Waals surface area (Å²) in [5.41, 5.74) is 0. The van der Waals surface area contributed by atoms with Crippen molar-refractivity contribution >= 4 is 5.78 Å². The molecule has 19 heavy (non-hydrogen) atoms. The fraction of sp³-hybridized carbons (Fsp3) is 0.750. The highest BCUT2D eigenvalue weighted by atomic mass is 16.6. The third-order valence-corrected chi connectivity index (χ3v) is 3.13. The molecule has 0 aromatic carbocycles. The smallest absolute Gasteiger partial charge is 0.217 e. The molecule has 7 heteroatoms. The van der Waals surface area contributed by atoms with Gasteiger partial charge in [0.1, 0.15) is 18.5 Å². The van der Waals surface area contributed by atoms with Crippen LogP contribution in [0.15, 0.2) is 6.33 Å². The van der Waals surface area contributed by atoms with E-state index in [0.717, 1.165) is 0 Å². The average molecular weight is 269 g/mol. The molecular formula is C12H19N3O4. The number of hydrogen-bond donors (Lipinski definition) is 2. The molecule has 0 radical (unpaired) electrons. The number of ether oxygens (including phenoxy) is 1. The molecule has 7 nitrogen and oxygen atoms in total. The van der Waals surface area contributed by atoms with Crippen LogP contribution in [0.4, 0.5) is 0 Å². The third-order valence-electron chi connectivity index (χ3n) is 3.13. The van der Waals surface area contributed by atoms with Crippen LogP contribution in [-0.4, -0.2) is 49.1 Å². The first-order valence-corrected chi connectivity index (χ1v) is 6.33. The van der Waals surface area contributed by atoms with Crippen LogP contribution in [0.3, 0.4) is 0 Å². The number of rotatable bonds is 4. The van der Waals surface area contributed by atoms with Gasteiger partial charge in [0.05, 0.1) is 6.10 Å². The summed E-state index contributed by atoms with van der Waals surface area (Å²) in [5.74, 6) is 0.150. The quantitative estimate of drug-likeness (QED) is 0.755. The van der Waals surface area contributed by atoms with Crippen molar-refractivity contribution in [1.82, 2.24) is 14.8 Å². The van der Waals surface area contributed by atoms with E-state index in [1.807, 2.05) is 13.8 Å². The molecule has 1 aliphatic rings. The van der Waals surface area contributed by atoms with Crippen molar-refractivity contribution in [2.45, 2.75) is 51.7 Å². The number of ketones is 1. The highest BCUT2D eigenvalue weighted by Gasteiger charge is 2.44. The van der Waals surface area contributed by atoms with Crippen LogP contribution < -0.4 is 0 Å². The van der Waals surface area contributed by atoms with Gasteiger partial charge in [0.15, 0.2) is 12.0 Å². The summed E-state index contributed by atoms with van der Waals surface area (Å²) in [7, 11) is 0. The van der Waals surface area contributed by atoms with Crippen LogP contribution in [0.5, 0.6) is 0 Å². The Morgan fingerprint density at radius 1 is 1.47 bits per heavy atom. The number of Topliss-reactive ketones (excluding diaryl/α,β-unsaturated/α-hetero) is 1. The zero-order valence-corrected chi connectivity index (χ0v) is 11.2. The Morgan fingerprint density at radius 3 is 2.68 bits per heavy atom. The molecule has 0 aliphatic carbocycles. The van der Waals surface area contributed by atoms with Crippen LogP contribution in [0, 0.1) is 5.92 Å². The molecule has 1 aromatic rings. The van der Waals surface area contributed by atoms with Crippen LogP contribution in [-0.2, 0) is 4.74 Å². The van der Waals surface area contributed by atoms with Gasteiger partial charge >= 0.3 is 0 Å². The largest absolute Gasteiger partial charge is 0.388 e. The summed E-state index contributed by atoms with van der Waals surface area (Å²) in [6.07, 6.45) is -1.31. The van der Waals surface area contributed by atoms with Crippen molar-refractivity contribution in [3.8, 4) is 0 Å². The maximum absolute atomic E-state index is 11.1. The van der Waals surface area contributed by atoms with Crippen molar-refractivity contribution in [3.05, 3.63) is 12.2 Å². The van der Waals surface area contributed by atoms with E-state index in [2.05, 4.69) is 10.1 Å². The lowest BCUT2D eigenvalue weighted by molar-refractivity contribution is -0.0492.